The highest BCUT2D eigenvalue weighted by Gasteiger charge is 2.55. The molecule has 5 atom stereocenters. The molecule has 2 aliphatic heterocycles. The Kier molecular flexibility index (Phi) is 3.70. The molecule has 0 aromatic rings. The highest BCUT2D eigenvalue weighted by molar-refractivity contribution is 5.89. The van der Waals surface area contributed by atoms with Crippen LogP contribution in [0.4, 0.5) is 0 Å². The van der Waals surface area contributed by atoms with E-state index < -0.39 is 0 Å². The first-order chi connectivity index (χ1) is 9.43. The Morgan fingerprint density at radius 3 is 2.55 bits per heavy atom. The number of likely N-dealkylation sites (N-methyl/N-ethyl adjacent to an activating group) is 1. The van der Waals surface area contributed by atoms with Crippen molar-refractivity contribution in [2.45, 2.75) is 78.2 Å². The van der Waals surface area contributed by atoms with E-state index in [4.69, 9.17) is 4.74 Å². The van der Waals surface area contributed by atoms with E-state index in [1.54, 1.807) is 0 Å². The van der Waals surface area contributed by atoms with Crippen LogP contribution in [0.3, 0.4) is 0 Å². The Morgan fingerprint density at radius 1 is 1.20 bits per heavy atom. The molecule has 1 aliphatic carbocycles. The number of rotatable bonds is 2. The second-order valence-electron chi connectivity index (χ2n) is 7.87. The molecule has 3 aliphatic rings. The molecule has 3 fully saturated rings. The Balaban J connectivity index is 1.80. The van der Waals surface area contributed by atoms with Gasteiger partial charge < -0.3 is 4.74 Å². The van der Waals surface area contributed by atoms with Crippen LogP contribution in [0.5, 0.6) is 0 Å². The first-order valence-electron chi connectivity index (χ1n) is 8.39. The number of fused-ring (bicyclic) bond motifs is 3. The third-order valence-corrected chi connectivity index (χ3v) is 5.61. The molecular formula is C17H29NO2. The van der Waals surface area contributed by atoms with Gasteiger partial charge in [-0.05, 0) is 31.7 Å². The molecule has 5 unspecified atom stereocenters. The van der Waals surface area contributed by atoms with Crippen molar-refractivity contribution in [1.82, 2.24) is 4.90 Å². The van der Waals surface area contributed by atoms with Crippen molar-refractivity contribution in [3.63, 3.8) is 0 Å². The highest BCUT2D eigenvalue weighted by atomic mass is 16.5. The van der Waals surface area contributed by atoms with Crippen LogP contribution in [-0.2, 0) is 9.53 Å². The number of ether oxygens (including phenoxy) is 1. The van der Waals surface area contributed by atoms with E-state index in [9.17, 15) is 4.79 Å². The predicted molar refractivity (Wildman–Crippen MR) is 79.4 cm³/mol. The van der Waals surface area contributed by atoms with Crippen LogP contribution in [0.1, 0.15) is 59.8 Å². The molecule has 20 heavy (non-hydrogen) atoms. The third kappa shape index (κ3) is 2.23. The van der Waals surface area contributed by atoms with Gasteiger partial charge in [-0.25, -0.2) is 0 Å². The molecule has 0 bridgehead atoms. The van der Waals surface area contributed by atoms with Gasteiger partial charge in [0.15, 0.2) is 5.78 Å². The maximum Gasteiger partial charge on any atom is 0.155 e. The van der Waals surface area contributed by atoms with Gasteiger partial charge in [-0.2, -0.15) is 0 Å². The van der Waals surface area contributed by atoms with Crippen LogP contribution >= 0.6 is 0 Å². The molecule has 2 heterocycles. The summed E-state index contributed by atoms with van der Waals surface area (Å²) < 4.78 is 6.36. The van der Waals surface area contributed by atoms with Gasteiger partial charge in [-0.1, -0.05) is 40.5 Å². The number of hydrogen-bond acceptors (Lipinski definition) is 3. The zero-order valence-corrected chi connectivity index (χ0v) is 13.4. The van der Waals surface area contributed by atoms with Crippen LogP contribution in [0.2, 0.25) is 0 Å². The number of carbonyl (C=O) groups is 1. The molecule has 3 nitrogen and oxygen atoms in total. The van der Waals surface area contributed by atoms with Gasteiger partial charge in [0.2, 0.25) is 0 Å². The van der Waals surface area contributed by atoms with Crippen LogP contribution in [-0.4, -0.2) is 35.6 Å². The fraction of sp³-hybridized carbons (Fsp3) is 0.941. The lowest BCUT2D eigenvalue weighted by Crippen LogP contribution is -2.45. The van der Waals surface area contributed by atoms with Gasteiger partial charge in [0.05, 0.1) is 12.1 Å². The largest absolute Gasteiger partial charge is 0.359 e. The molecule has 0 amide bonds. The quantitative estimate of drug-likeness (QED) is 0.777. The van der Waals surface area contributed by atoms with Gasteiger partial charge >= 0.3 is 0 Å². The number of ketones is 1. The minimum atomic E-state index is -0.247. The zero-order chi connectivity index (χ0) is 14.5. The van der Waals surface area contributed by atoms with Crippen molar-refractivity contribution in [2.24, 2.45) is 17.3 Å². The van der Waals surface area contributed by atoms with Crippen LogP contribution in [0, 0.1) is 17.3 Å². The second kappa shape index (κ2) is 5.10. The molecule has 1 saturated carbocycles. The summed E-state index contributed by atoms with van der Waals surface area (Å²) in [4.78, 5) is 15.1. The molecule has 0 radical (unpaired) electrons. The maximum atomic E-state index is 12.7. The maximum absolute atomic E-state index is 12.7. The molecule has 0 spiro atoms. The first kappa shape index (κ1) is 14.5. The summed E-state index contributed by atoms with van der Waals surface area (Å²) in [6.07, 6.45) is 6.90. The molecule has 0 aromatic heterocycles. The van der Waals surface area contributed by atoms with Crippen LogP contribution < -0.4 is 0 Å². The van der Waals surface area contributed by atoms with Crippen molar-refractivity contribution in [3.8, 4) is 0 Å². The molecule has 2 saturated heterocycles. The van der Waals surface area contributed by atoms with Crippen molar-refractivity contribution in [3.05, 3.63) is 0 Å². The molecule has 114 valence electrons. The van der Waals surface area contributed by atoms with E-state index in [2.05, 4.69) is 11.8 Å². The van der Waals surface area contributed by atoms with Crippen molar-refractivity contribution in [2.75, 3.05) is 6.54 Å². The molecule has 0 aromatic carbocycles. The van der Waals surface area contributed by atoms with E-state index in [-0.39, 0.29) is 17.7 Å². The number of likely N-dealkylation sites (tertiary alicyclic amines) is 1. The highest BCUT2D eigenvalue weighted by Crippen LogP contribution is 2.49. The summed E-state index contributed by atoms with van der Waals surface area (Å²) in [6.45, 7) is 9.22. The van der Waals surface area contributed by atoms with E-state index in [1.807, 2.05) is 20.8 Å². The van der Waals surface area contributed by atoms with Crippen molar-refractivity contribution >= 4 is 5.78 Å². The Labute approximate surface area is 123 Å². The lowest BCUT2D eigenvalue weighted by molar-refractivity contribution is -0.135. The molecular weight excluding hydrogens is 250 g/mol. The molecule has 0 N–H and O–H groups in total. The minimum Gasteiger partial charge on any atom is -0.359 e. The molecule has 3 heteroatoms. The SMILES string of the molecule is CCN1C(C(=O)C(C)(C)C)CC2C3CCCCC3OC21. The Hall–Kier alpha value is -0.410. The topological polar surface area (TPSA) is 29.5 Å². The van der Waals surface area contributed by atoms with Gasteiger partial charge in [-0.3, -0.25) is 9.69 Å². The Morgan fingerprint density at radius 2 is 1.90 bits per heavy atom. The summed E-state index contributed by atoms with van der Waals surface area (Å²) in [6, 6.07) is 0.0814. The summed E-state index contributed by atoms with van der Waals surface area (Å²) >= 11 is 0. The average Bonchev–Trinajstić information content (AvgIpc) is 2.91. The fourth-order valence-corrected chi connectivity index (χ4v) is 4.62. The second-order valence-corrected chi connectivity index (χ2v) is 7.87. The zero-order valence-electron chi connectivity index (χ0n) is 13.4. The minimum absolute atomic E-state index is 0.0814. The van der Waals surface area contributed by atoms with E-state index >= 15 is 0 Å². The summed E-state index contributed by atoms with van der Waals surface area (Å²) in [5.74, 6) is 1.70. The standard InChI is InChI=1S/C17H29NO2/c1-5-18-13(15(19)17(2,3)4)10-12-11-8-6-7-9-14(11)20-16(12)18/h11-14,16H,5-10H2,1-4H3. The number of carbonyl (C=O) groups excluding carboxylic acids is 1. The third-order valence-electron chi connectivity index (χ3n) is 5.61. The number of nitrogens with zero attached hydrogens (tertiary/aromatic N) is 1. The number of hydrogen-bond donors (Lipinski definition) is 0. The van der Waals surface area contributed by atoms with Crippen LogP contribution in [0.25, 0.3) is 0 Å². The summed E-state index contributed by atoms with van der Waals surface area (Å²) in [5.41, 5.74) is -0.247. The fourth-order valence-electron chi connectivity index (χ4n) is 4.62. The number of Topliss-reactive ketones (excluding diaryl/α,β-unsaturated/α-hetero) is 1. The average molecular weight is 279 g/mol. The smallest absolute Gasteiger partial charge is 0.155 e. The monoisotopic (exact) mass is 279 g/mol. The van der Waals surface area contributed by atoms with Gasteiger partial charge in [-0.15, -0.1) is 0 Å². The first-order valence-corrected chi connectivity index (χ1v) is 8.39. The van der Waals surface area contributed by atoms with Crippen molar-refractivity contribution < 1.29 is 9.53 Å². The van der Waals surface area contributed by atoms with Crippen LogP contribution in [0.15, 0.2) is 0 Å². The van der Waals surface area contributed by atoms with Gasteiger partial charge in [0, 0.05) is 11.3 Å². The lowest BCUT2D eigenvalue weighted by Gasteiger charge is -2.32. The summed E-state index contributed by atoms with van der Waals surface area (Å²) in [5, 5.41) is 0. The van der Waals surface area contributed by atoms with E-state index in [1.165, 1.54) is 25.7 Å². The summed E-state index contributed by atoms with van der Waals surface area (Å²) in [7, 11) is 0. The van der Waals surface area contributed by atoms with E-state index in [0.717, 1.165) is 13.0 Å². The lowest BCUT2D eigenvalue weighted by atomic mass is 9.77. The van der Waals surface area contributed by atoms with Gasteiger partial charge in [0.25, 0.3) is 0 Å². The van der Waals surface area contributed by atoms with Gasteiger partial charge in [0.1, 0.15) is 6.23 Å². The predicted octanol–water partition coefficient (Wildman–Crippen LogP) is 3.23. The normalized spacial score (nSPS) is 41.5. The van der Waals surface area contributed by atoms with Crippen molar-refractivity contribution in [1.29, 1.82) is 0 Å². The van der Waals surface area contributed by atoms with E-state index in [0.29, 0.717) is 23.7 Å². The Bertz CT molecular complexity index is 387. The molecule has 3 rings (SSSR count).